The SMILES string of the molecule is COC(=O)C=CSC(C)CN. The molecule has 0 saturated heterocycles. The first-order chi connectivity index (χ1) is 5.20. The first-order valence-electron chi connectivity index (χ1n) is 3.30. The van der Waals surface area contributed by atoms with Crippen LogP contribution in [0.2, 0.25) is 0 Å². The average molecular weight is 175 g/mol. The Balaban J connectivity index is 3.51. The summed E-state index contributed by atoms with van der Waals surface area (Å²) in [7, 11) is 1.35. The fraction of sp³-hybridized carbons (Fsp3) is 0.571. The number of carbonyl (C=O) groups excluding carboxylic acids is 1. The van der Waals surface area contributed by atoms with Crippen LogP contribution < -0.4 is 5.73 Å². The summed E-state index contributed by atoms with van der Waals surface area (Å²) in [6.45, 7) is 2.60. The number of nitrogens with two attached hydrogens (primary N) is 1. The van der Waals surface area contributed by atoms with Crippen molar-refractivity contribution >= 4 is 17.7 Å². The standard InChI is InChI=1S/C7H13NO2S/c1-6(5-8)11-4-3-7(9)10-2/h3-4,6H,5,8H2,1-2H3. The highest BCUT2D eigenvalue weighted by Gasteiger charge is 1.95. The molecule has 0 amide bonds. The zero-order valence-corrected chi connectivity index (χ0v) is 7.56. The van der Waals surface area contributed by atoms with Crippen molar-refractivity contribution in [3.05, 3.63) is 11.5 Å². The smallest absolute Gasteiger partial charge is 0.330 e. The Morgan fingerprint density at radius 2 is 2.45 bits per heavy atom. The average Bonchev–Trinajstić information content (AvgIpc) is 2.04. The van der Waals surface area contributed by atoms with Crippen LogP contribution in [0.4, 0.5) is 0 Å². The summed E-state index contributed by atoms with van der Waals surface area (Å²) >= 11 is 1.51. The van der Waals surface area contributed by atoms with E-state index in [-0.39, 0.29) is 5.97 Å². The van der Waals surface area contributed by atoms with Gasteiger partial charge in [-0.1, -0.05) is 6.92 Å². The number of hydrogen-bond acceptors (Lipinski definition) is 4. The Bertz CT molecular complexity index is 147. The predicted octanol–water partition coefficient (Wildman–Crippen LogP) is 0.753. The zero-order chi connectivity index (χ0) is 8.69. The van der Waals surface area contributed by atoms with E-state index in [9.17, 15) is 4.79 Å². The number of ether oxygens (including phenoxy) is 1. The minimum Gasteiger partial charge on any atom is -0.466 e. The van der Waals surface area contributed by atoms with E-state index in [0.717, 1.165) is 0 Å². The second kappa shape index (κ2) is 6.24. The van der Waals surface area contributed by atoms with Crippen molar-refractivity contribution < 1.29 is 9.53 Å². The molecule has 0 aliphatic rings. The van der Waals surface area contributed by atoms with E-state index in [1.807, 2.05) is 6.92 Å². The first kappa shape index (κ1) is 10.5. The van der Waals surface area contributed by atoms with Gasteiger partial charge in [0.05, 0.1) is 7.11 Å². The lowest BCUT2D eigenvalue weighted by Gasteiger charge is -2.01. The van der Waals surface area contributed by atoms with Crippen molar-refractivity contribution in [2.24, 2.45) is 5.73 Å². The summed E-state index contributed by atoms with van der Waals surface area (Å²) in [6.07, 6.45) is 1.39. The summed E-state index contributed by atoms with van der Waals surface area (Å²) in [5.74, 6) is -0.332. The first-order valence-corrected chi connectivity index (χ1v) is 4.25. The van der Waals surface area contributed by atoms with Crippen LogP contribution in [-0.4, -0.2) is 24.9 Å². The highest BCUT2D eigenvalue weighted by atomic mass is 32.2. The van der Waals surface area contributed by atoms with Crippen LogP contribution in [0.15, 0.2) is 11.5 Å². The quantitative estimate of drug-likeness (QED) is 0.506. The summed E-state index contributed by atoms with van der Waals surface area (Å²) in [5.41, 5.74) is 5.35. The molecule has 1 atom stereocenters. The van der Waals surface area contributed by atoms with Crippen molar-refractivity contribution in [1.82, 2.24) is 0 Å². The molecule has 2 N–H and O–H groups in total. The monoisotopic (exact) mass is 175 g/mol. The number of hydrogen-bond donors (Lipinski definition) is 1. The van der Waals surface area contributed by atoms with Crippen molar-refractivity contribution in [1.29, 1.82) is 0 Å². The van der Waals surface area contributed by atoms with E-state index in [1.165, 1.54) is 24.9 Å². The summed E-state index contributed by atoms with van der Waals surface area (Å²) in [4.78, 5) is 10.5. The van der Waals surface area contributed by atoms with E-state index in [0.29, 0.717) is 11.8 Å². The third-order valence-electron chi connectivity index (χ3n) is 1.05. The van der Waals surface area contributed by atoms with Crippen molar-refractivity contribution in [3.63, 3.8) is 0 Å². The van der Waals surface area contributed by atoms with E-state index in [4.69, 9.17) is 5.73 Å². The van der Waals surface area contributed by atoms with Gasteiger partial charge in [0, 0.05) is 17.9 Å². The molecule has 0 rings (SSSR count). The van der Waals surface area contributed by atoms with E-state index in [1.54, 1.807) is 5.41 Å². The van der Waals surface area contributed by atoms with Crippen LogP contribution in [0.3, 0.4) is 0 Å². The Labute approximate surface area is 71.0 Å². The molecule has 0 fully saturated rings. The van der Waals surface area contributed by atoms with Gasteiger partial charge in [-0.25, -0.2) is 4.79 Å². The lowest BCUT2D eigenvalue weighted by molar-refractivity contribution is -0.134. The Hall–Kier alpha value is -0.480. The topological polar surface area (TPSA) is 52.3 Å². The molecule has 64 valence electrons. The molecule has 0 aromatic rings. The molecule has 0 aliphatic carbocycles. The van der Waals surface area contributed by atoms with Crippen molar-refractivity contribution in [3.8, 4) is 0 Å². The third-order valence-corrected chi connectivity index (χ3v) is 2.00. The van der Waals surface area contributed by atoms with Crippen LogP contribution in [-0.2, 0) is 9.53 Å². The Kier molecular flexibility index (Phi) is 5.97. The molecule has 3 nitrogen and oxygen atoms in total. The van der Waals surface area contributed by atoms with Gasteiger partial charge in [0.1, 0.15) is 0 Å². The minimum atomic E-state index is -0.332. The van der Waals surface area contributed by atoms with Crippen molar-refractivity contribution in [2.45, 2.75) is 12.2 Å². The maximum atomic E-state index is 10.5. The Morgan fingerprint density at radius 3 is 2.91 bits per heavy atom. The maximum Gasteiger partial charge on any atom is 0.330 e. The van der Waals surface area contributed by atoms with Gasteiger partial charge in [-0.15, -0.1) is 11.8 Å². The van der Waals surface area contributed by atoms with E-state index in [2.05, 4.69) is 4.74 Å². The van der Waals surface area contributed by atoms with Crippen LogP contribution in [0.5, 0.6) is 0 Å². The minimum absolute atomic E-state index is 0.332. The molecule has 1 unspecified atom stereocenters. The van der Waals surface area contributed by atoms with Gasteiger partial charge in [0.25, 0.3) is 0 Å². The highest BCUT2D eigenvalue weighted by Crippen LogP contribution is 2.09. The van der Waals surface area contributed by atoms with Crippen LogP contribution in [0, 0.1) is 0 Å². The number of rotatable bonds is 4. The molecule has 0 radical (unpaired) electrons. The lowest BCUT2D eigenvalue weighted by atomic mass is 10.5. The lowest BCUT2D eigenvalue weighted by Crippen LogP contribution is -2.11. The molecule has 11 heavy (non-hydrogen) atoms. The molecule has 4 heteroatoms. The zero-order valence-electron chi connectivity index (χ0n) is 6.74. The molecule has 0 aromatic carbocycles. The van der Waals surface area contributed by atoms with Gasteiger partial charge in [0.15, 0.2) is 0 Å². The molecular weight excluding hydrogens is 162 g/mol. The van der Waals surface area contributed by atoms with Gasteiger partial charge in [-0.3, -0.25) is 0 Å². The fourth-order valence-electron chi connectivity index (χ4n) is 0.353. The van der Waals surface area contributed by atoms with Gasteiger partial charge < -0.3 is 10.5 Å². The number of carbonyl (C=O) groups is 1. The van der Waals surface area contributed by atoms with Crippen LogP contribution in [0.1, 0.15) is 6.92 Å². The molecule has 0 heterocycles. The van der Waals surface area contributed by atoms with Gasteiger partial charge in [0.2, 0.25) is 0 Å². The molecule has 0 saturated carbocycles. The fourth-order valence-corrected chi connectivity index (χ4v) is 0.922. The molecular formula is C7H13NO2S. The number of thioether (sulfide) groups is 1. The van der Waals surface area contributed by atoms with Gasteiger partial charge >= 0.3 is 5.97 Å². The highest BCUT2D eigenvalue weighted by molar-refractivity contribution is 8.02. The van der Waals surface area contributed by atoms with E-state index >= 15 is 0 Å². The van der Waals surface area contributed by atoms with E-state index < -0.39 is 0 Å². The number of methoxy groups -OCH3 is 1. The van der Waals surface area contributed by atoms with Crippen LogP contribution in [0.25, 0.3) is 0 Å². The second-order valence-corrected chi connectivity index (χ2v) is 3.36. The number of esters is 1. The second-order valence-electron chi connectivity index (χ2n) is 2.01. The van der Waals surface area contributed by atoms with Gasteiger partial charge in [-0.05, 0) is 5.41 Å². The summed E-state index contributed by atoms with van der Waals surface area (Å²) < 4.78 is 4.40. The predicted molar refractivity (Wildman–Crippen MR) is 47.3 cm³/mol. The summed E-state index contributed by atoms with van der Waals surface area (Å²) in [6, 6.07) is 0. The molecule has 0 spiro atoms. The van der Waals surface area contributed by atoms with Crippen molar-refractivity contribution in [2.75, 3.05) is 13.7 Å². The molecule has 0 bridgehead atoms. The van der Waals surface area contributed by atoms with Gasteiger partial charge in [-0.2, -0.15) is 0 Å². The summed E-state index contributed by atoms with van der Waals surface area (Å²) in [5, 5.41) is 2.04. The normalized spacial score (nSPS) is 13.4. The largest absolute Gasteiger partial charge is 0.466 e. The van der Waals surface area contributed by atoms with Crippen LogP contribution >= 0.6 is 11.8 Å². The Morgan fingerprint density at radius 1 is 1.82 bits per heavy atom. The molecule has 0 aliphatic heterocycles. The maximum absolute atomic E-state index is 10.5. The third kappa shape index (κ3) is 5.94. The molecule has 0 aromatic heterocycles.